The number of hydrogen-bond donors (Lipinski definition) is 1. The number of β-amino-alcohol motifs (C(OH)–C–C–N with tert-alkyl or cyclic N) is 1. The van der Waals surface area contributed by atoms with Gasteiger partial charge < -0.3 is 9.52 Å². The van der Waals surface area contributed by atoms with Crippen LogP contribution in [0.1, 0.15) is 19.0 Å². The molecule has 0 bridgehead atoms. The fraction of sp³-hybridized carbons (Fsp3) is 0.400. The Morgan fingerprint density at radius 1 is 1.35 bits per heavy atom. The van der Waals surface area contributed by atoms with E-state index in [9.17, 15) is 9.50 Å². The van der Waals surface area contributed by atoms with Crippen molar-refractivity contribution in [1.82, 2.24) is 9.88 Å². The van der Waals surface area contributed by atoms with Crippen molar-refractivity contribution in [1.29, 1.82) is 0 Å². The van der Waals surface area contributed by atoms with E-state index in [0.717, 1.165) is 17.7 Å². The molecule has 0 aliphatic carbocycles. The van der Waals surface area contributed by atoms with E-state index >= 15 is 0 Å². The Labute approximate surface area is 116 Å². The molecule has 4 nitrogen and oxygen atoms in total. The largest absolute Gasteiger partial charge is 0.444 e. The molecule has 1 saturated heterocycles. The normalized spacial score (nSPS) is 17.9. The zero-order chi connectivity index (χ0) is 14.2. The molecule has 5 heteroatoms. The average Bonchev–Trinajstić information content (AvgIpc) is 2.86. The first-order valence-corrected chi connectivity index (χ1v) is 6.73. The van der Waals surface area contributed by atoms with Crippen LogP contribution in [-0.4, -0.2) is 33.7 Å². The zero-order valence-corrected chi connectivity index (χ0v) is 11.3. The molecule has 0 saturated carbocycles. The first kappa shape index (κ1) is 13.3. The summed E-state index contributed by atoms with van der Waals surface area (Å²) in [5.74, 6) is 0.214. The fourth-order valence-electron chi connectivity index (χ4n) is 2.46. The highest BCUT2D eigenvalue weighted by Gasteiger charge is 2.39. The topological polar surface area (TPSA) is 49.5 Å². The second kappa shape index (κ2) is 5.00. The summed E-state index contributed by atoms with van der Waals surface area (Å²) in [6.07, 6.45) is 2.38. The van der Waals surface area contributed by atoms with Crippen molar-refractivity contribution in [2.45, 2.75) is 25.5 Å². The third-order valence-corrected chi connectivity index (χ3v) is 3.72. The van der Waals surface area contributed by atoms with Crippen LogP contribution in [0.25, 0.3) is 11.5 Å². The number of nitrogens with zero attached hydrogens (tertiary/aromatic N) is 2. The van der Waals surface area contributed by atoms with Crippen LogP contribution in [0.15, 0.2) is 34.9 Å². The Kier molecular flexibility index (Phi) is 3.31. The molecule has 1 aromatic heterocycles. The van der Waals surface area contributed by atoms with Gasteiger partial charge in [-0.05, 0) is 30.7 Å². The maximum absolute atomic E-state index is 12.9. The van der Waals surface area contributed by atoms with Gasteiger partial charge >= 0.3 is 0 Å². The molecular weight excluding hydrogens is 259 g/mol. The molecule has 0 amide bonds. The van der Waals surface area contributed by atoms with E-state index in [2.05, 4.69) is 9.88 Å². The van der Waals surface area contributed by atoms with Gasteiger partial charge in [0.1, 0.15) is 12.1 Å². The fourth-order valence-corrected chi connectivity index (χ4v) is 2.46. The van der Waals surface area contributed by atoms with Gasteiger partial charge in [-0.15, -0.1) is 0 Å². The molecule has 1 fully saturated rings. The minimum atomic E-state index is -0.538. The smallest absolute Gasteiger partial charge is 0.226 e. The first-order chi connectivity index (χ1) is 9.58. The van der Waals surface area contributed by atoms with Crippen LogP contribution >= 0.6 is 0 Å². The van der Waals surface area contributed by atoms with Crippen LogP contribution in [0, 0.1) is 5.82 Å². The van der Waals surface area contributed by atoms with Crippen LogP contribution in [-0.2, 0) is 6.54 Å². The summed E-state index contributed by atoms with van der Waals surface area (Å²) in [7, 11) is 0. The number of hydrogen-bond acceptors (Lipinski definition) is 4. The number of oxazole rings is 1. The SMILES string of the molecule is CCC1(O)CN(Cc2coc(-c3ccc(F)cc3)n2)C1. The van der Waals surface area contributed by atoms with Crippen molar-refractivity contribution < 1.29 is 13.9 Å². The highest BCUT2D eigenvalue weighted by molar-refractivity contribution is 5.52. The van der Waals surface area contributed by atoms with Crippen LogP contribution in [0.3, 0.4) is 0 Å². The van der Waals surface area contributed by atoms with E-state index < -0.39 is 5.60 Å². The highest BCUT2D eigenvalue weighted by atomic mass is 19.1. The van der Waals surface area contributed by atoms with Gasteiger partial charge in [-0.25, -0.2) is 9.37 Å². The van der Waals surface area contributed by atoms with Gasteiger partial charge in [0.15, 0.2) is 0 Å². The van der Waals surface area contributed by atoms with Crippen molar-refractivity contribution in [3.05, 3.63) is 42.0 Å². The summed E-state index contributed by atoms with van der Waals surface area (Å²) < 4.78 is 18.3. The predicted molar refractivity (Wildman–Crippen MR) is 72.4 cm³/mol. The average molecular weight is 276 g/mol. The van der Waals surface area contributed by atoms with Crippen molar-refractivity contribution >= 4 is 0 Å². The molecule has 1 aliphatic heterocycles. The van der Waals surface area contributed by atoms with E-state index in [-0.39, 0.29) is 5.82 Å². The number of aliphatic hydroxyl groups is 1. The van der Waals surface area contributed by atoms with Gasteiger partial charge in [-0.2, -0.15) is 0 Å². The summed E-state index contributed by atoms with van der Waals surface area (Å²) in [6.45, 7) is 3.98. The first-order valence-electron chi connectivity index (χ1n) is 6.73. The van der Waals surface area contributed by atoms with Gasteiger partial charge in [-0.1, -0.05) is 6.92 Å². The van der Waals surface area contributed by atoms with Gasteiger partial charge in [0.25, 0.3) is 0 Å². The van der Waals surface area contributed by atoms with Gasteiger partial charge in [0.05, 0.1) is 11.3 Å². The summed E-state index contributed by atoms with van der Waals surface area (Å²) in [4.78, 5) is 6.51. The second-order valence-electron chi connectivity index (χ2n) is 5.37. The number of benzene rings is 1. The molecule has 106 valence electrons. The lowest BCUT2D eigenvalue weighted by Gasteiger charge is -2.45. The van der Waals surface area contributed by atoms with Crippen LogP contribution < -0.4 is 0 Å². The Bertz CT molecular complexity index is 588. The number of likely N-dealkylation sites (tertiary alicyclic amines) is 1. The second-order valence-corrected chi connectivity index (χ2v) is 5.37. The molecule has 0 atom stereocenters. The van der Waals surface area contributed by atoms with Crippen LogP contribution in [0.5, 0.6) is 0 Å². The van der Waals surface area contributed by atoms with E-state index in [0.29, 0.717) is 25.5 Å². The van der Waals surface area contributed by atoms with Crippen molar-refractivity contribution in [2.24, 2.45) is 0 Å². The lowest BCUT2D eigenvalue weighted by Crippen LogP contribution is -2.60. The Hall–Kier alpha value is -1.72. The Morgan fingerprint density at radius 2 is 2.05 bits per heavy atom. The molecule has 0 radical (unpaired) electrons. The molecule has 2 heterocycles. The third kappa shape index (κ3) is 2.59. The van der Waals surface area contributed by atoms with Crippen molar-refractivity contribution in [3.8, 4) is 11.5 Å². The lowest BCUT2D eigenvalue weighted by molar-refractivity contribution is -0.103. The van der Waals surface area contributed by atoms with Gasteiger partial charge in [0.2, 0.25) is 5.89 Å². The van der Waals surface area contributed by atoms with Crippen molar-refractivity contribution in [3.63, 3.8) is 0 Å². The lowest BCUT2D eigenvalue weighted by atomic mass is 9.91. The van der Waals surface area contributed by atoms with E-state index in [1.165, 1.54) is 12.1 Å². The summed E-state index contributed by atoms with van der Waals surface area (Å²) in [5.41, 5.74) is 1.04. The number of halogens is 1. The molecule has 3 rings (SSSR count). The summed E-state index contributed by atoms with van der Waals surface area (Å²) in [6, 6.07) is 6.06. The molecule has 1 aromatic carbocycles. The maximum atomic E-state index is 12.9. The maximum Gasteiger partial charge on any atom is 0.226 e. The Morgan fingerprint density at radius 3 is 2.70 bits per heavy atom. The molecule has 0 unspecified atom stereocenters. The van der Waals surface area contributed by atoms with Crippen LogP contribution in [0.2, 0.25) is 0 Å². The van der Waals surface area contributed by atoms with E-state index in [4.69, 9.17) is 4.42 Å². The molecule has 20 heavy (non-hydrogen) atoms. The molecule has 1 N–H and O–H groups in total. The van der Waals surface area contributed by atoms with Crippen LogP contribution in [0.4, 0.5) is 4.39 Å². The third-order valence-electron chi connectivity index (χ3n) is 3.72. The van der Waals surface area contributed by atoms with Crippen molar-refractivity contribution in [2.75, 3.05) is 13.1 Å². The molecule has 2 aromatic rings. The van der Waals surface area contributed by atoms with Gasteiger partial charge in [-0.3, -0.25) is 4.90 Å². The minimum absolute atomic E-state index is 0.278. The number of rotatable bonds is 4. The van der Waals surface area contributed by atoms with Gasteiger partial charge in [0, 0.05) is 25.2 Å². The van der Waals surface area contributed by atoms with E-state index in [1.807, 2.05) is 6.92 Å². The number of aromatic nitrogens is 1. The zero-order valence-electron chi connectivity index (χ0n) is 11.3. The minimum Gasteiger partial charge on any atom is -0.444 e. The quantitative estimate of drug-likeness (QED) is 0.932. The standard InChI is InChI=1S/C15H17FN2O2/c1-2-15(19)9-18(10-15)7-13-8-20-14(17-13)11-3-5-12(16)6-4-11/h3-6,8,19H,2,7,9-10H2,1H3. The monoisotopic (exact) mass is 276 g/mol. The molecule has 0 spiro atoms. The summed E-state index contributed by atoms with van der Waals surface area (Å²) in [5, 5.41) is 9.96. The Balaban J connectivity index is 1.64. The highest BCUT2D eigenvalue weighted by Crippen LogP contribution is 2.26. The summed E-state index contributed by atoms with van der Waals surface area (Å²) >= 11 is 0. The molecular formula is C15H17FN2O2. The predicted octanol–water partition coefficient (Wildman–Crippen LogP) is 2.44. The van der Waals surface area contributed by atoms with E-state index in [1.54, 1.807) is 18.4 Å². The molecule has 1 aliphatic rings.